The summed E-state index contributed by atoms with van der Waals surface area (Å²) in [6, 6.07) is 14.4. The highest BCUT2D eigenvalue weighted by atomic mass is 32.2. The van der Waals surface area contributed by atoms with E-state index in [0.717, 1.165) is 5.56 Å². The van der Waals surface area contributed by atoms with E-state index in [4.69, 9.17) is 0 Å². The van der Waals surface area contributed by atoms with Crippen molar-refractivity contribution in [1.29, 1.82) is 0 Å². The number of carbonyl (C=O) groups is 1. The number of aryl methyl sites for hydroxylation is 1. The maximum atomic E-state index is 12.1. The van der Waals surface area contributed by atoms with E-state index in [0.29, 0.717) is 28.7 Å². The van der Waals surface area contributed by atoms with Crippen LogP contribution in [0, 0.1) is 17.0 Å². The predicted octanol–water partition coefficient (Wildman–Crippen LogP) is 3.67. The van der Waals surface area contributed by atoms with E-state index in [1.807, 2.05) is 30.3 Å². The Hall–Kier alpha value is -2.67. The van der Waals surface area contributed by atoms with Gasteiger partial charge in [0.25, 0.3) is 5.69 Å². The number of rotatable bonds is 4. The highest BCUT2D eigenvalue weighted by Gasteiger charge is 2.28. The van der Waals surface area contributed by atoms with Gasteiger partial charge in [-0.2, -0.15) is 0 Å². The Morgan fingerprint density at radius 3 is 2.67 bits per heavy atom. The predicted molar refractivity (Wildman–Crippen MR) is 94.4 cm³/mol. The Morgan fingerprint density at radius 2 is 2.00 bits per heavy atom. The van der Waals surface area contributed by atoms with Crippen molar-refractivity contribution >= 4 is 34.2 Å². The summed E-state index contributed by atoms with van der Waals surface area (Å²) >= 11 is 1.38. The summed E-state index contributed by atoms with van der Waals surface area (Å²) in [5.41, 5.74) is 2.25. The molecule has 0 radical (unpaired) electrons. The van der Waals surface area contributed by atoms with Crippen molar-refractivity contribution in [3.63, 3.8) is 0 Å². The smallest absolute Gasteiger partial charge is 0.272 e. The van der Waals surface area contributed by atoms with Gasteiger partial charge in [-0.05, 0) is 24.6 Å². The van der Waals surface area contributed by atoms with E-state index < -0.39 is 4.92 Å². The van der Waals surface area contributed by atoms with Crippen molar-refractivity contribution in [2.24, 2.45) is 4.99 Å². The lowest BCUT2D eigenvalue weighted by molar-refractivity contribution is -0.385. The number of nitro benzene ring substituents is 1. The molecule has 122 valence electrons. The number of hydrogen-bond acceptors (Lipinski definition) is 5. The summed E-state index contributed by atoms with van der Waals surface area (Å²) in [6.45, 7) is 2.15. The molecule has 0 atom stereocenters. The number of nitrogens with zero attached hydrogens (tertiary/aromatic N) is 3. The van der Waals surface area contributed by atoms with Gasteiger partial charge in [-0.25, -0.2) is 4.99 Å². The Morgan fingerprint density at radius 1 is 1.25 bits per heavy atom. The normalized spacial score (nSPS) is 16.0. The van der Waals surface area contributed by atoms with Gasteiger partial charge in [-0.15, -0.1) is 0 Å². The van der Waals surface area contributed by atoms with Gasteiger partial charge >= 0.3 is 0 Å². The van der Waals surface area contributed by atoms with Gasteiger partial charge in [-0.1, -0.05) is 42.1 Å². The van der Waals surface area contributed by atoms with Crippen LogP contribution in [0.3, 0.4) is 0 Å². The maximum absolute atomic E-state index is 12.1. The highest BCUT2D eigenvalue weighted by Crippen LogP contribution is 2.28. The zero-order chi connectivity index (χ0) is 17.1. The second-order valence-electron chi connectivity index (χ2n) is 5.38. The molecule has 1 fully saturated rings. The molecule has 1 heterocycles. The van der Waals surface area contributed by atoms with Gasteiger partial charge in [0.15, 0.2) is 5.17 Å². The van der Waals surface area contributed by atoms with Crippen molar-refractivity contribution in [3.05, 3.63) is 69.8 Å². The van der Waals surface area contributed by atoms with Crippen LogP contribution in [0.4, 0.5) is 11.4 Å². The number of hydrogen-bond donors (Lipinski definition) is 0. The largest absolute Gasteiger partial charge is 0.286 e. The van der Waals surface area contributed by atoms with Crippen molar-refractivity contribution in [1.82, 2.24) is 4.90 Å². The first-order valence-corrected chi connectivity index (χ1v) is 8.34. The third-order valence-corrected chi connectivity index (χ3v) is 4.60. The molecule has 0 unspecified atom stereocenters. The fourth-order valence-corrected chi connectivity index (χ4v) is 3.33. The zero-order valence-electron chi connectivity index (χ0n) is 13.0. The second-order valence-corrected chi connectivity index (χ2v) is 6.32. The monoisotopic (exact) mass is 341 g/mol. The number of amidine groups is 1. The van der Waals surface area contributed by atoms with Crippen LogP contribution in [-0.4, -0.2) is 26.7 Å². The molecule has 1 aliphatic rings. The Bertz CT molecular complexity index is 821. The van der Waals surface area contributed by atoms with Crippen LogP contribution in [-0.2, 0) is 11.3 Å². The molecule has 0 spiro atoms. The van der Waals surface area contributed by atoms with Crippen LogP contribution >= 0.6 is 11.8 Å². The minimum Gasteiger partial charge on any atom is -0.286 e. The topological polar surface area (TPSA) is 75.8 Å². The van der Waals surface area contributed by atoms with Crippen molar-refractivity contribution < 1.29 is 9.72 Å². The van der Waals surface area contributed by atoms with E-state index in [1.165, 1.54) is 17.8 Å². The lowest BCUT2D eigenvalue weighted by Crippen LogP contribution is -2.28. The Labute approximate surface area is 143 Å². The van der Waals surface area contributed by atoms with Gasteiger partial charge in [0.1, 0.15) is 0 Å². The highest BCUT2D eigenvalue weighted by molar-refractivity contribution is 8.15. The number of aliphatic imine (C=N–C) groups is 1. The van der Waals surface area contributed by atoms with Gasteiger partial charge in [0.05, 0.1) is 22.9 Å². The van der Waals surface area contributed by atoms with E-state index in [-0.39, 0.29) is 11.6 Å². The van der Waals surface area contributed by atoms with Crippen LogP contribution in [0.2, 0.25) is 0 Å². The molecule has 0 aromatic heterocycles. The average molecular weight is 341 g/mol. The lowest BCUT2D eigenvalue weighted by Gasteiger charge is -2.16. The quantitative estimate of drug-likeness (QED) is 0.628. The minimum absolute atomic E-state index is 0.0150. The van der Waals surface area contributed by atoms with Crippen LogP contribution < -0.4 is 0 Å². The number of nitro groups is 1. The van der Waals surface area contributed by atoms with Gasteiger partial charge < -0.3 is 0 Å². The van der Waals surface area contributed by atoms with E-state index in [9.17, 15) is 14.9 Å². The molecular formula is C17H15N3O3S. The first-order chi connectivity index (χ1) is 11.5. The minimum atomic E-state index is -0.415. The molecule has 0 N–H and O–H groups in total. The summed E-state index contributed by atoms with van der Waals surface area (Å²) in [7, 11) is 0. The standard InChI is InChI=1S/C17H15N3O3S/c1-12-9-14(7-8-15(12)20(22)23)18-17-19(16(21)11-24-17)10-13-5-3-2-4-6-13/h2-9H,10-11H2,1H3. The second kappa shape index (κ2) is 6.84. The molecule has 7 heteroatoms. The average Bonchev–Trinajstić information content (AvgIpc) is 2.89. The number of amides is 1. The molecule has 2 aromatic rings. The van der Waals surface area contributed by atoms with Crippen LogP contribution in [0.25, 0.3) is 0 Å². The molecule has 0 bridgehead atoms. The summed E-state index contributed by atoms with van der Waals surface area (Å²) in [4.78, 5) is 28.8. The molecule has 0 saturated carbocycles. The summed E-state index contributed by atoms with van der Waals surface area (Å²) in [5, 5.41) is 11.5. The summed E-state index contributed by atoms with van der Waals surface area (Å²) in [5.74, 6) is 0.374. The van der Waals surface area contributed by atoms with E-state index in [2.05, 4.69) is 4.99 Å². The molecular weight excluding hydrogens is 326 g/mol. The van der Waals surface area contributed by atoms with E-state index >= 15 is 0 Å². The first kappa shape index (κ1) is 16.2. The number of thioether (sulfide) groups is 1. The fourth-order valence-electron chi connectivity index (χ4n) is 2.43. The molecule has 1 amide bonds. The van der Waals surface area contributed by atoms with Crippen LogP contribution in [0.1, 0.15) is 11.1 Å². The van der Waals surface area contributed by atoms with Crippen LogP contribution in [0.5, 0.6) is 0 Å². The van der Waals surface area contributed by atoms with Crippen LogP contribution in [0.15, 0.2) is 53.5 Å². The van der Waals surface area contributed by atoms with Gasteiger partial charge in [0, 0.05) is 11.6 Å². The molecule has 3 rings (SSSR count). The molecule has 0 aliphatic carbocycles. The SMILES string of the molecule is Cc1cc(N=C2SCC(=O)N2Cc2ccccc2)ccc1[N+](=O)[O-]. The Balaban J connectivity index is 1.86. The molecule has 6 nitrogen and oxygen atoms in total. The zero-order valence-corrected chi connectivity index (χ0v) is 13.8. The third kappa shape index (κ3) is 3.46. The number of carbonyl (C=O) groups excluding carboxylic acids is 1. The fraction of sp³-hybridized carbons (Fsp3) is 0.176. The Kier molecular flexibility index (Phi) is 4.61. The van der Waals surface area contributed by atoms with Crippen molar-refractivity contribution in [2.75, 3.05) is 5.75 Å². The maximum Gasteiger partial charge on any atom is 0.272 e. The third-order valence-electron chi connectivity index (χ3n) is 3.64. The molecule has 2 aromatic carbocycles. The first-order valence-electron chi connectivity index (χ1n) is 7.35. The van der Waals surface area contributed by atoms with E-state index in [1.54, 1.807) is 24.0 Å². The molecule has 1 saturated heterocycles. The molecule has 24 heavy (non-hydrogen) atoms. The van der Waals surface area contributed by atoms with Gasteiger partial charge in [0.2, 0.25) is 5.91 Å². The summed E-state index contributed by atoms with van der Waals surface area (Å²) in [6.07, 6.45) is 0. The van der Waals surface area contributed by atoms with Crippen molar-refractivity contribution in [3.8, 4) is 0 Å². The lowest BCUT2D eigenvalue weighted by atomic mass is 10.2. The van der Waals surface area contributed by atoms with Crippen molar-refractivity contribution in [2.45, 2.75) is 13.5 Å². The molecule has 1 aliphatic heterocycles. The summed E-state index contributed by atoms with van der Waals surface area (Å²) < 4.78 is 0. The van der Waals surface area contributed by atoms with Gasteiger partial charge in [-0.3, -0.25) is 19.8 Å². The number of benzene rings is 2.